The number of thiophene rings is 1. The number of H-pyrrole nitrogens is 1. The Morgan fingerprint density at radius 1 is 1.19 bits per heavy atom. The summed E-state index contributed by atoms with van der Waals surface area (Å²) < 4.78 is 5.60. The van der Waals surface area contributed by atoms with E-state index in [-0.39, 0.29) is 12.2 Å². The Morgan fingerprint density at radius 2 is 1.94 bits per heavy atom. The van der Waals surface area contributed by atoms with E-state index in [1.165, 1.54) is 11.3 Å². The molecular weight excluding hydrogens is 446 g/mol. The maximum Gasteiger partial charge on any atom is 0.260 e. The molecule has 0 spiro atoms. The first-order chi connectivity index (χ1) is 15.4. The first-order valence-corrected chi connectivity index (χ1v) is 11.5. The topological polar surface area (TPSA) is 78.5 Å². The Bertz CT molecular complexity index is 1270. The third kappa shape index (κ3) is 5.19. The molecule has 0 saturated heterocycles. The number of benzene rings is 2. The van der Waals surface area contributed by atoms with Gasteiger partial charge in [0.1, 0.15) is 29.1 Å². The van der Waals surface area contributed by atoms with Gasteiger partial charge in [-0.25, -0.2) is 4.98 Å². The van der Waals surface area contributed by atoms with E-state index in [9.17, 15) is 9.90 Å². The fourth-order valence-corrected chi connectivity index (χ4v) is 4.68. The zero-order valence-electron chi connectivity index (χ0n) is 17.8. The largest absolute Gasteiger partial charge is 0.491 e. The van der Waals surface area contributed by atoms with Crippen LogP contribution in [0.3, 0.4) is 0 Å². The fourth-order valence-electron chi connectivity index (χ4n) is 3.60. The molecule has 0 fully saturated rings. The van der Waals surface area contributed by atoms with Crippen molar-refractivity contribution in [3.8, 4) is 16.9 Å². The highest BCUT2D eigenvalue weighted by Gasteiger charge is 2.16. The lowest BCUT2D eigenvalue weighted by Gasteiger charge is -2.20. The number of aromatic nitrogens is 2. The van der Waals surface area contributed by atoms with Crippen molar-refractivity contribution in [1.82, 2.24) is 14.9 Å². The van der Waals surface area contributed by atoms with Crippen LogP contribution in [0.15, 0.2) is 58.7 Å². The third-order valence-electron chi connectivity index (χ3n) is 5.13. The monoisotopic (exact) mass is 469 g/mol. The van der Waals surface area contributed by atoms with E-state index >= 15 is 0 Å². The highest BCUT2D eigenvalue weighted by atomic mass is 35.5. The van der Waals surface area contributed by atoms with Gasteiger partial charge in [0, 0.05) is 22.5 Å². The van der Waals surface area contributed by atoms with Gasteiger partial charge in [-0.15, -0.1) is 11.3 Å². The molecule has 0 radical (unpaired) electrons. The molecule has 6 nitrogen and oxygen atoms in total. The zero-order valence-corrected chi connectivity index (χ0v) is 19.4. The number of likely N-dealkylation sites (N-methyl/N-ethyl adjacent to an activating group) is 1. The van der Waals surface area contributed by atoms with Gasteiger partial charge in [-0.3, -0.25) is 9.69 Å². The number of hydrogen-bond donors (Lipinski definition) is 2. The smallest absolute Gasteiger partial charge is 0.260 e. The number of hydrogen-bond acceptors (Lipinski definition) is 6. The van der Waals surface area contributed by atoms with Crippen LogP contribution in [0, 0.1) is 6.92 Å². The summed E-state index contributed by atoms with van der Waals surface area (Å²) in [4.78, 5) is 23.0. The standard InChI is InChI=1S/C24H24ClN3O3S/c1-15-5-3-4-6-19(15)20-14-32-24-22(20)23(30)26-21(27-24)12-28(2)11-17(29)13-31-18-9-7-16(25)8-10-18/h3-10,14,17,29H,11-13H2,1-2H3,(H,26,27,30). The zero-order chi connectivity index (χ0) is 22.7. The molecule has 1 unspecified atom stereocenters. The van der Waals surface area contributed by atoms with E-state index in [0.29, 0.717) is 39.9 Å². The van der Waals surface area contributed by atoms with Crippen LogP contribution in [0.25, 0.3) is 21.3 Å². The van der Waals surface area contributed by atoms with Gasteiger partial charge in [0.25, 0.3) is 5.56 Å². The molecule has 0 bridgehead atoms. The van der Waals surface area contributed by atoms with Gasteiger partial charge in [0.05, 0.1) is 11.9 Å². The molecule has 0 aliphatic rings. The van der Waals surface area contributed by atoms with Crippen molar-refractivity contribution in [2.24, 2.45) is 0 Å². The number of rotatable bonds is 8. The van der Waals surface area contributed by atoms with Crippen LogP contribution in [-0.4, -0.2) is 46.3 Å². The number of aryl methyl sites for hydroxylation is 1. The second-order valence-electron chi connectivity index (χ2n) is 7.77. The van der Waals surface area contributed by atoms with Crippen molar-refractivity contribution in [2.45, 2.75) is 19.6 Å². The van der Waals surface area contributed by atoms with Gasteiger partial charge in [0.15, 0.2) is 0 Å². The molecule has 4 aromatic rings. The van der Waals surface area contributed by atoms with E-state index in [4.69, 9.17) is 16.3 Å². The van der Waals surface area contributed by atoms with Gasteiger partial charge >= 0.3 is 0 Å². The van der Waals surface area contributed by atoms with Crippen LogP contribution < -0.4 is 10.3 Å². The highest BCUT2D eigenvalue weighted by Crippen LogP contribution is 2.32. The van der Waals surface area contributed by atoms with E-state index < -0.39 is 6.10 Å². The first-order valence-electron chi connectivity index (χ1n) is 10.2. The summed E-state index contributed by atoms with van der Waals surface area (Å²) in [6.07, 6.45) is -0.694. The molecule has 0 aliphatic heterocycles. The minimum atomic E-state index is -0.694. The molecule has 0 saturated carbocycles. The number of nitrogens with zero attached hydrogens (tertiary/aromatic N) is 2. The number of fused-ring (bicyclic) bond motifs is 1. The predicted octanol–water partition coefficient (Wildman–Crippen LogP) is 4.49. The number of halogens is 1. The van der Waals surface area contributed by atoms with Crippen molar-refractivity contribution in [3.05, 3.63) is 80.7 Å². The molecule has 2 heterocycles. The lowest BCUT2D eigenvalue weighted by Crippen LogP contribution is -2.33. The summed E-state index contributed by atoms with van der Waals surface area (Å²) in [7, 11) is 1.86. The molecule has 32 heavy (non-hydrogen) atoms. The van der Waals surface area contributed by atoms with Crippen LogP contribution in [-0.2, 0) is 6.54 Å². The SMILES string of the molecule is Cc1ccccc1-c1csc2nc(CN(C)CC(O)COc3ccc(Cl)cc3)[nH]c(=O)c12. The van der Waals surface area contributed by atoms with Crippen molar-refractivity contribution in [1.29, 1.82) is 0 Å². The Morgan fingerprint density at radius 3 is 2.69 bits per heavy atom. The van der Waals surface area contributed by atoms with Crippen LogP contribution in [0.5, 0.6) is 5.75 Å². The van der Waals surface area contributed by atoms with Gasteiger partial charge in [-0.05, 0) is 49.4 Å². The van der Waals surface area contributed by atoms with Crippen molar-refractivity contribution < 1.29 is 9.84 Å². The van der Waals surface area contributed by atoms with E-state index in [1.807, 2.05) is 48.5 Å². The predicted molar refractivity (Wildman–Crippen MR) is 130 cm³/mol. The number of nitrogens with one attached hydrogen (secondary N) is 1. The molecule has 0 amide bonds. The molecule has 2 aromatic carbocycles. The fraction of sp³-hybridized carbons (Fsp3) is 0.250. The quantitative estimate of drug-likeness (QED) is 0.397. The average molecular weight is 470 g/mol. The molecule has 8 heteroatoms. The van der Waals surface area contributed by atoms with Crippen LogP contribution in [0.4, 0.5) is 0 Å². The van der Waals surface area contributed by atoms with Crippen LogP contribution >= 0.6 is 22.9 Å². The maximum atomic E-state index is 12.9. The number of aliphatic hydroxyl groups excluding tert-OH is 1. The Labute approximate surface area is 195 Å². The maximum absolute atomic E-state index is 12.9. The Hall–Kier alpha value is -2.71. The van der Waals surface area contributed by atoms with Gasteiger partial charge in [-0.1, -0.05) is 35.9 Å². The van der Waals surface area contributed by atoms with E-state index in [2.05, 4.69) is 9.97 Å². The number of aliphatic hydroxyl groups is 1. The summed E-state index contributed by atoms with van der Waals surface area (Å²) in [5, 5.41) is 13.5. The van der Waals surface area contributed by atoms with Gasteiger partial charge in [0.2, 0.25) is 0 Å². The minimum Gasteiger partial charge on any atom is -0.491 e. The molecule has 4 rings (SSSR count). The van der Waals surface area contributed by atoms with E-state index in [0.717, 1.165) is 16.7 Å². The lowest BCUT2D eigenvalue weighted by molar-refractivity contribution is 0.0737. The second kappa shape index (κ2) is 9.83. The molecule has 2 aromatic heterocycles. The van der Waals surface area contributed by atoms with Crippen LogP contribution in [0.1, 0.15) is 11.4 Å². The molecule has 0 aliphatic carbocycles. The van der Waals surface area contributed by atoms with Gasteiger partial charge < -0.3 is 14.8 Å². The normalized spacial score (nSPS) is 12.4. The summed E-state index contributed by atoms with van der Waals surface area (Å²) >= 11 is 7.33. The number of aromatic amines is 1. The Balaban J connectivity index is 1.42. The third-order valence-corrected chi connectivity index (χ3v) is 6.25. The Kier molecular flexibility index (Phi) is 6.91. The minimum absolute atomic E-state index is 0.149. The lowest BCUT2D eigenvalue weighted by atomic mass is 10.0. The molecular formula is C24H24ClN3O3S. The van der Waals surface area contributed by atoms with Crippen molar-refractivity contribution in [3.63, 3.8) is 0 Å². The molecule has 166 valence electrons. The average Bonchev–Trinajstić information content (AvgIpc) is 3.18. The molecule has 1 atom stereocenters. The number of ether oxygens (including phenoxy) is 1. The van der Waals surface area contributed by atoms with Crippen LogP contribution in [0.2, 0.25) is 5.02 Å². The first kappa shape index (κ1) is 22.5. The van der Waals surface area contributed by atoms with Crippen molar-refractivity contribution in [2.75, 3.05) is 20.2 Å². The van der Waals surface area contributed by atoms with E-state index in [1.54, 1.807) is 24.3 Å². The van der Waals surface area contributed by atoms with Gasteiger partial charge in [-0.2, -0.15) is 0 Å². The summed E-state index contributed by atoms with van der Waals surface area (Å²) in [6.45, 7) is 2.96. The van der Waals surface area contributed by atoms with Crippen molar-refractivity contribution >= 4 is 33.2 Å². The summed E-state index contributed by atoms with van der Waals surface area (Å²) in [5.41, 5.74) is 2.92. The summed E-state index contributed by atoms with van der Waals surface area (Å²) in [5.74, 6) is 1.21. The molecule has 2 N–H and O–H groups in total. The summed E-state index contributed by atoms with van der Waals surface area (Å²) in [6, 6.07) is 15.0. The second-order valence-corrected chi connectivity index (χ2v) is 9.07. The highest BCUT2D eigenvalue weighted by molar-refractivity contribution is 7.17.